The number of benzene rings is 2. The summed E-state index contributed by atoms with van der Waals surface area (Å²) in [7, 11) is 1.64. The van der Waals surface area contributed by atoms with Crippen LogP contribution in [0.5, 0.6) is 5.75 Å². The number of fused-ring (bicyclic) bond motifs is 1. The van der Waals surface area contributed by atoms with Gasteiger partial charge in [-0.15, -0.1) is 0 Å². The fourth-order valence-electron chi connectivity index (χ4n) is 5.02. The maximum Gasteiger partial charge on any atom is 0.322 e. The molecule has 2 aromatic rings. The van der Waals surface area contributed by atoms with E-state index >= 15 is 0 Å². The van der Waals surface area contributed by atoms with E-state index in [-0.39, 0.29) is 23.9 Å². The van der Waals surface area contributed by atoms with Crippen molar-refractivity contribution >= 4 is 29.0 Å². The standard InChI is InChI=1S/C26H34N4O3/c1-5-27-20-12-16(2)22-15-30(26(32)29-23(22)14-20)21-9-6-18(7-10-21)25(31)28-19-8-11-24(33-4)17(3)13-19/h8,11-14,18,21,27H,5-7,9-10,15H2,1-4H3,(H,28,31)(H,29,32). The van der Waals surface area contributed by atoms with Crippen molar-refractivity contribution in [1.29, 1.82) is 0 Å². The van der Waals surface area contributed by atoms with E-state index in [4.69, 9.17) is 4.74 Å². The number of methoxy groups -OCH3 is 1. The van der Waals surface area contributed by atoms with Gasteiger partial charge in [-0.2, -0.15) is 0 Å². The Bertz CT molecular complexity index is 1040. The molecule has 0 saturated heterocycles. The van der Waals surface area contributed by atoms with Crippen molar-refractivity contribution in [3.63, 3.8) is 0 Å². The second-order valence-corrected chi connectivity index (χ2v) is 9.09. The summed E-state index contributed by atoms with van der Waals surface area (Å²) in [6.45, 7) is 7.57. The zero-order chi connectivity index (χ0) is 23.5. The third kappa shape index (κ3) is 4.92. The molecule has 2 aromatic carbocycles. The van der Waals surface area contributed by atoms with Crippen LogP contribution < -0.4 is 20.7 Å². The Kier molecular flexibility index (Phi) is 6.77. The third-order valence-corrected chi connectivity index (χ3v) is 6.86. The number of carbonyl (C=O) groups excluding carboxylic acids is 2. The van der Waals surface area contributed by atoms with E-state index < -0.39 is 0 Å². The highest BCUT2D eigenvalue weighted by atomic mass is 16.5. The van der Waals surface area contributed by atoms with Gasteiger partial charge in [0, 0.05) is 35.6 Å². The van der Waals surface area contributed by atoms with Gasteiger partial charge < -0.3 is 25.6 Å². The number of urea groups is 1. The number of aryl methyl sites for hydroxylation is 2. The Morgan fingerprint density at radius 1 is 1.09 bits per heavy atom. The van der Waals surface area contributed by atoms with E-state index in [9.17, 15) is 9.59 Å². The molecule has 0 atom stereocenters. The van der Waals surface area contributed by atoms with Gasteiger partial charge in [-0.05, 0) is 93.5 Å². The first-order valence-electron chi connectivity index (χ1n) is 11.8. The van der Waals surface area contributed by atoms with Gasteiger partial charge in [0.05, 0.1) is 13.7 Å². The summed E-state index contributed by atoms with van der Waals surface area (Å²) in [6.07, 6.45) is 3.22. The average Bonchev–Trinajstić information content (AvgIpc) is 2.79. The molecule has 7 nitrogen and oxygen atoms in total. The lowest BCUT2D eigenvalue weighted by molar-refractivity contribution is -0.121. The summed E-state index contributed by atoms with van der Waals surface area (Å²) < 4.78 is 5.29. The van der Waals surface area contributed by atoms with Crippen LogP contribution in [0, 0.1) is 19.8 Å². The number of amides is 3. The van der Waals surface area contributed by atoms with Crippen molar-refractivity contribution in [2.45, 2.75) is 59.0 Å². The molecule has 3 N–H and O–H groups in total. The molecule has 2 aliphatic rings. The average molecular weight is 451 g/mol. The molecule has 1 aliphatic heterocycles. The van der Waals surface area contributed by atoms with Gasteiger partial charge in [0.2, 0.25) is 5.91 Å². The van der Waals surface area contributed by atoms with Gasteiger partial charge in [0.15, 0.2) is 0 Å². The molecule has 4 rings (SSSR count). The summed E-state index contributed by atoms with van der Waals surface area (Å²) in [5, 5.41) is 9.46. The largest absolute Gasteiger partial charge is 0.496 e. The van der Waals surface area contributed by atoms with Crippen LogP contribution in [0.2, 0.25) is 0 Å². The van der Waals surface area contributed by atoms with Gasteiger partial charge in [-0.1, -0.05) is 0 Å². The molecule has 0 spiro atoms. The molecular formula is C26H34N4O3. The fraction of sp³-hybridized carbons (Fsp3) is 0.462. The minimum Gasteiger partial charge on any atom is -0.496 e. The van der Waals surface area contributed by atoms with E-state index in [1.807, 2.05) is 36.1 Å². The topological polar surface area (TPSA) is 82.7 Å². The summed E-state index contributed by atoms with van der Waals surface area (Å²) in [6, 6.07) is 9.94. The molecule has 0 bridgehead atoms. The predicted octanol–water partition coefficient (Wildman–Crippen LogP) is 5.29. The van der Waals surface area contributed by atoms with Crippen molar-refractivity contribution < 1.29 is 14.3 Å². The minimum atomic E-state index is -0.0443. The lowest BCUT2D eigenvalue weighted by Gasteiger charge is -2.39. The number of anilines is 3. The first kappa shape index (κ1) is 23.0. The molecule has 1 heterocycles. The highest BCUT2D eigenvalue weighted by molar-refractivity contribution is 5.94. The monoisotopic (exact) mass is 450 g/mol. The van der Waals surface area contributed by atoms with Gasteiger partial charge in [-0.25, -0.2) is 4.79 Å². The fourth-order valence-corrected chi connectivity index (χ4v) is 5.02. The molecule has 1 fully saturated rings. The molecule has 0 aromatic heterocycles. The van der Waals surface area contributed by atoms with E-state index in [0.29, 0.717) is 6.54 Å². The molecule has 1 aliphatic carbocycles. The number of nitrogens with zero attached hydrogens (tertiary/aromatic N) is 1. The van der Waals surface area contributed by atoms with Crippen molar-refractivity contribution in [2.75, 3.05) is 29.6 Å². The maximum atomic E-state index is 12.9. The number of rotatable bonds is 6. The smallest absolute Gasteiger partial charge is 0.322 e. The molecule has 3 amide bonds. The van der Waals surface area contributed by atoms with Crippen LogP contribution in [0.4, 0.5) is 21.9 Å². The molecule has 1 saturated carbocycles. The van der Waals surface area contributed by atoms with Crippen LogP contribution in [0.1, 0.15) is 49.3 Å². The van der Waals surface area contributed by atoms with E-state index in [1.54, 1.807) is 7.11 Å². The zero-order valence-corrected chi connectivity index (χ0v) is 20.0. The first-order valence-corrected chi connectivity index (χ1v) is 11.8. The SMILES string of the molecule is CCNc1cc(C)c2c(c1)NC(=O)N(C1CCC(C(=O)Nc3ccc(OC)c(C)c3)CC1)C2. The van der Waals surface area contributed by atoms with Gasteiger partial charge >= 0.3 is 6.03 Å². The van der Waals surface area contributed by atoms with Crippen molar-refractivity contribution in [3.8, 4) is 5.75 Å². The van der Waals surface area contributed by atoms with Crippen molar-refractivity contribution in [3.05, 3.63) is 47.0 Å². The van der Waals surface area contributed by atoms with Crippen LogP contribution >= 0.6 is 0 Å². The molecular weight excluding hydrogens is 416 g/mol. The Labute approximate surface area is 195 Å². The molecule has 33 heavy (non-hydrogen) atoms. The van der Waals surface area contributed by atoms with Gasteiger partial charge in [-0.3, -0.25) is 4.79 Å². The lowest BCUT2D eigenvalue weighted by atomic mass is 9.84. The highest BCUT2D eigenvalue weighted by Gasteiger charge is 2.34. The van der Waals surface area contributed by atoms with Gasteiger partial charge in [0.1, 0.15) is 5.75 Å². The summed E-state index contributed by atoms with van der Waals surface area (Å²) in [4.78, 5) is 27.7. The molecule has 0 unspecified atom stereocenters. The van der Waals surface area contributed by atoms with E-state index in [1.165, 1.54) is 11.1 Å². The van der Waals surface area contributed by atoms with Crippen molar-refractivity contribution in [2.24, 2.45) is 5.92 Å². The lowest BCUT2D eigenvalue weighted by Crippen LogP contribution is -2.47. The van der Waals surface area contributed by atoms with Crippen LogP contribution in [0.25, 0.3) is 0 Å². The van der Waals surface area contributed by atoms with Crippen LogP contribution in [-0.4, -0.2) is 36.5 Å². The van der Waals surface area contributed by atoms with Crippen LogP contribution in [0.3, 0.4) is 0 Å². The number of ether oxygens (including phenoxy) is 1. The summed E-state index contributed by atoms with van der Waals surface area (Å²) in [5.41, 5.74) is 6.06. The minimum absolute atomic E-state index is 0.0341. The Hall–Kier alpha value is -3.22. The van der Waals surface area contributed by atoms with E-state index in [0.717, 1.165) is 60.6 Å². The third-order valence-electron chi connectivity index (χ3n) is 6.86. The number of hydrogen-bond acceptors (Lipinski definition) is 4. The zero-order valence-electron chi connectivity index (χ0n) is 20.0. The highest BCUT2D eigenvalue weighted by Crippen LogP contribution is 2.35. The maximum absolute atomic E-state index is 12.9. The normalized spacial score (nSPS) is 20.0. The number of nitrogens with one attached hydrogen (secondary N) is 3. The quantitative estimate of drug-likeness (QED) is 0.559. The second kappa shape index (κ2) is 9.73. The predicted molar refractivity (Wildman–Crippen MR) is 132 cm³/mol. The van der Waals surface area contributed by atoms with Gasteiger partial charge in [0.25, 0.3) is 0 Å². The molecule has 7 heteroatoms. The summed E-state index contributed by atoms with van der Waals surface area (Å²) in [5.74, 6) is 0.828. The number of hydrogen-bond donors (Lipinski definition) is 3. The Balaban J connectivity index is 1.36. The number of carbonyl (C=O) groups is 2. The summed E-state index contributed by atoms with van der Waals surface area (Å²) >= 11 is 0. The van der Waals surface area contributed by atoms with Crippen LogP contribution in [-0.2, 0) is 11.3 Å². The van der Waals surface area contributed by atoms with Crippen molar-refractivity contribution in [1.82, 2.24) is 4.90 Å². The first-order chi connectivity index (χ1) is 15.9. The second-order valence-electron chi connectivity index (χ2n) is 9.09. The molecule has 176 valence electrons. The molecule has 0 radical (unpaired) electrons. The Morgan fingerprint density at radius 2 is 1.82 bits per heavy atom. The Morgan fingerprint density at radius 3 is 2.48 bits per heavy atom. The van der Waals surface area contributed by atoms with Crippen LogP contribution in [0.15, 0.2) is 30.3 Å². The van der Waals surface area contributed by atoms with E-state index in [2.05, 4.69) is 35.9 Å².